The number of rotatable bonds is 2. The maximum atomic E-state index is 13.7. The van der Waals surface area contributed by atoms with Crippen LogP contribution >= 0.6 is 0 Å². The number of nitrogens with two attached hydrogens (primary N) is 2. The lowest BCUT2D eigenvalue weighted by molar-refractivity contribution is -0.293. The first-order valence-electron chi connectivity index (χ1n) is 8.11. The van der Waals surface area contributed by atoms with Gasteiger partial charge in [-0.25, -0.2) is 0 Å². The molecule has 0 radical (unpaired) electrons. The predicted molar refractivity (Wildman–Crippen MR) is 81.8 cm³/mol. The largest absolute Gasteiger partial charge is 0.485 e. The van der Waals surface area contributed by atoms with E-state index in [4.69, 9.17) is 16.2 Å². The fourth-order valence-corrected chi connectivity index (χ4v) is 5.50. The SMILES string of the molecule is Nc1ccc(N)c(OC23CC4CC(C2)CC(C(F)(F)F)(C4)C3)c1. The minimum atomic E-state index is -4.17. The molecular weight excluding hydrogens is 305 g/mol. The summed E-state index contributed by atoms with van der Waals surface area (Å²) >= 11 is 0. The Hall–Kier alpha value is -1.59. The van der Waals surface area contributed by atoms with Crippen molar-refractivity contribution in [2.45, 2.75) is 50.3 Å². The van der Waals surface area contributed by atoms with Gasteiger partial charge in [0.15, 0.2) is 0 Å². The molecule has 1 aromatic rings. The molecule has 0 heterocycles. The molecular formula is C17H21F3N2O. The van der Waals surface area contributed by atoms with E-state index in [0.717, 1.165) is 6.42 Å². The molecule has 4 bridgehead atoms. The summed E-state index contributed by atoms with van der Waals surface area (Å²) in [5, 5.41) is 0. The summed E-state index contributed by atoms with van der Waals surface area (Å²) in [6, 6.07) is 4.93. The van der Waals surface area contributed by atoms with Crippen LogP contribution in [-0.2, 0) is 0 Å². The van der Waals surface area contributed by atoms with Gasteiger partial charge < -0.3 is 16.2 Å². The standard InChI is InChI=1S/C17H21F3N2O/c18-17(19,20)15-5-10-3-11(6-15)8-16(7-10,9-15)23-14-4-12(21)1-2-13(14)22/h1-2,4,10-11H,3,5-9,21-22H2. The lowest BCUT2D eigenvalue weighted by atomic mass is 9.47. The van der Waals surface area contributed by atoms with Crippen molar-refractivity contribution >= 4 is 11.4 Å². The van der Waals surface area contributed by atoms with E-state index in [-0.39, 0.29) is 31.1 Å². The highest BCUT2D eigenvalue weighted by Gasteiger charge is 2.68. The Morgan fingerprint density at radius 3 is 2.30 bits per heavy atom. The quantitative estimate of drug-likeness (QED) is 0.803. The van der Waals surface area contributed by atoms with E-state index in [1.807, 2.05) is 0 Å². The molecule has 4 fully saturated rings. The van der Waals surface area contributed by atoms with Crippen LogP contribution < -0.4 is 16.2 Å². The van der Waals surface area contributed by atoms with Crippen LogP contribution in [0.5, 0.6) is 5.75 Å². The van der Waals surface area contributed by atoms with Crippen molar-refractivity contribution in [3.05, 3.63) is 18.2 Å². The van der Waals surface area contributed by atoms with Crippen molar-refractivity contribution in [3.63, 3.8) is 0 Å². The third kappa shape index (κ3) is 2.25. The van der Waals surface area contributed by atoms with Crippen molar-refractivity contribution in [1.82, 2.24) is 0 Å². The number of hydrogen-bond donors (Lipinski definition) is 2. The fourth-order valence-electron chi connectivity index (χ4n) is 5.50. The molecule has 2 unspecified atom stereocenters. The van der Waals surface area contributed by atoms with E-state index < -0.39 is 17.2 Å². The highest BCUT2D eigenvalue weighted by atomic mass is 19.4. The first-order valence-corrected chi connectivity index (χ1v) is 8.11. The van der Waals surface area contributed by atoms with Gasteiger partial charge in [-0.15, -0.1) is 0 Å². The van der Waals surface area contributed by atoms with Crippen molar-refractivity contribution in [2.75, 3.05) is 11.5 Å². The maximum absolute atomic E-state index is 13.7. The Bertz CT molecular complexity index is 629. The van der Waals surface area contributed by atoms with Gasteiger partial charge in [-0.3, -0.25) is 0 Å². The summed E-state index contributed by atoms with van der Waals surface area (Å²) < 4.78 is 47.4. The summed E-state index contributed by atoms with van der Waals surface area (Å²) in [6.07, 6.45) is -1.33. The van der Waals surface area contributed by atoms with Crippen LogP contribution in [0, 0.1) is 17.3 Å². The summed E-state index contributed by atoms with van der Waals surface area (Å²) in [5.74, 6) is 0.615. The highest BCUT2D eigenvalue weighted by Crippen LogP contribution is 2.67. The maximum Gasteiger partial charge on any atom is 0.394 e. The van der Waals surface area contributed by atoms with E-state index in [1.54, 1.807) is 18.2 Å². The van der Waals surface area contributed by atoms with Gasteiger partial charge in [-0.1, -0.05) is 0 Å². The van der Waals surface area contributed by atoms with Gasteiger partial charge >= 0.3 is 6.18 Å². The Morgan fingerprint density at radius 1 is 1.04 bits per heavy atom. The van der Waals surface area contributed by atoms with Crippen molar-refractivity contribution in [3.8, 4) is 5.75 Å². The first kappa shape index (κ1) is 15.0. The van der Waals surface area contributed by atoms with Gasteiger partial charge in [0.05, 0.1) is 11.1 Å². The predicted octanol–water partition coefficient (Wildman–Crippen LogP) is 4.13. The van der Waals surface area contributed by atoms with Crippen LogP contribution in [0.4, 0.5) is 24.5 Å². The van der Waals surface area contributed by atoms with Gasteiger partial charge in [0, 0.05) is 18.2 Å². The van der Waals surface area contributed by atoms with Crippen molar-refractivity contribution < 1.29 is 17.9 Å². The van der Waals surface area contributed by atoms with E-state index in [9.17, 15) is 13.2 Å². The second-order valence-electron chi connectivity index (χ2n) is 7.82. The van der Waals surface area contributed by atoms with E-state index in [0.29, 0.717) is 30.0 Å². The van der Waals surface area contributed by atoms with Crippen LogP contribution in [0.15, 0.2) is 18.2 Å². The normalized spacial score (nSPS) is 38.7. The third-order valence-electron chi connectivity index (χ3n) is 5.97. The zero-order valence-electron chi connectivity index (χ0n) is 12.8. The molecule has 4 N–H and O–H groups in total. The third-order valence-corrected chi connectivity index (χ3v) is 5.97. The van der Waals surface area contributed by atoms with E-state index >= 15 is 0 Å². The van der Waals surface area contributed by atoms with Gasteiger partial charge in [0.1, 0.15) is 11.4 Å². The Kier molecular flexibility index (Phi) is 2.92. The molecule has 4 aliphatic carbocycles. The van der Waals surface area contributed by atoms with Gasteiger partial charge in [-0.2, -0.15) is 13.2 Å². The van der Waals surface area contributed by atoms with Crippen LogP contribution in [0.2, 0.25) is 0 Å². The average Bonchev–Trinajstić information content (AvgIpc) is 2.40. The number of ether oxygens (including phenoxy) is 1. The molecule has 1 aromatic carbocycles. The van der Waals surface area contributed by atoms with Crippen LogP contribution in [0.1, 0.15) is 38.5 Å². The van der Waals surface area contributed by atoms with Crippen molar-refractivity contribution in [2.24, 2.45) is 17.3 Å². The second kappa shape index (κ2) is 4.48. The molecule has 3 nitrogen and oxygen atoms in total. The number of alkyl halides is 3. The minimum Gasteiger partial charge on any atom is -0.485 e. The zero-order valence-corrected chi connectivity index (χ0v) is 12.8. The molecule has 4 saturated carbocycles. The minimum absolute atomic E-state index is 0.0464. The number of hydrogen-bond acceptors (Lipinski definition) is 3. The van der Waals surface area contributed by atoms with Crippen LogP contribution in [-0.4, -0.2) is 11.8 Å². The average molecular weight is 326 g/mol. The molecule has 0 saturated heterocycles. The van der Waals surface area contributed by atoms with Crippen LogP contribution in [0.3, 0.4) is 0 Å². The zero-order chi connectivity index (χ0) is 16.5. The molecule has 126 valence electrons. The molecule has 4 aliphatic rings. The number of benzene rings is 1. The first-order chi connectivity index (χ1) is 10.7. The molecule has 2 atom stereocenters. The monoisotopic (exact) mass is 326 g/mol. The number of nitrogen functional groups attached to an aromatic ring is 2. The summed E-state index contributed by atoms with van der Waals surface area (Å²) in [4.78, 5) is 0. The molecule has 5 rings (SSSR count). The van der Waals surface area contributed by atoms with Crippen LogP contribution in [0.25, 0.3) is 0 Å². The number of halogens is 3. The van der Waals surface area contributed by atoms with Gasteiger partial charge in [-0.05, 0) is 56.1 Å². The van der Waals surface area contributed by atoms with Crippen molar-refractivity contribution in [1.29, 1.82) is 0 Å². The Labute approximate surface area is 133 Å². The van der Waals surface area contributed by atoms with Gasteiger partial charge in [0.25, 0.3) is 0 Å². The smallest absolute Gasteiger partial charge is 0.394 e. The topological polar surface area (TPSA) is 61.3 Å². The summed E-state index contributed by atoms with van der Waals surface area (Å²) in [7, 11) is 0. The number of anilines is 2. The lowest BCUT2D eigenvalue weighted by Gasteiger charge is -2.61. The Balaban J connectivity index is 1.69. The molecule has 0 aliphatic heterocycles. The summed E-state index contributed by atoms with van der Waals surface area (Å²) in [5.41, 5.74) is 10.3. The molecule has 0 aromatic heterocycles. The molecule has 6 heteroatoms. The van der Waals surface area contributed by atoms with E-state index in [1.165, 1.54) is 0 Å². The molecule has 23 heavy (non-hydrogen) atoms. The Morgan fingerprint density at radius 2 is 1.70 bits per heavy atom. The highest BCUT2D eigenvalue weighted by molar-refractivity contribution is 5.59. The van der Waals surface area contributed by atoms with E-state index in [2.05, 4.69) is 0 Å². The molecule has 0 spiro atoms. The van der Waals surface area contributed by atoms with Gasteiger partial charge in [0.2, 0.25) is 0 Å². The second-order valence-corrected chi connectivity index (χ2v) is 7.82. The fraction of sp³-hybridized carbons (Fsp3) is 0.647. The summed E-state index contributed by atoms with van der Waals surface area (Å²) in [6.45, 7) is 0. The molecule has 0 amide bonds. The lowest BCUT2D eigenvalue weighted by Crippen LogP contribution is -2.62.